The number of hydrogen-bond acceptors (Lipinski definition) is 7. The summed E-state index contributed by atoms with van der Waals surface area (Å²) >= 11 is 6.44. The van der Waals surface area contributed by atoms with Crippen LogP contribution in [0.15, 0.2) is 59.6 Å². The van der Waals surface area contributed by atoms with Gasteiger partial charge in [-0.25, -0.2) is 9.38 Å². The van der Waals surface area contributed by atoms with Crippen molar-refractivity contribution in [3.8, 4) is 11.5 Å². The van der Waals surface area contributed by atoms with Crippen molar-refractivity contribution in [2.24, 2.45) is 10.7 Å². The van der Waals surface area contributed by atoms with Gasteiger partial charge in [0.05, 0.1) is 29.3 Å². The fourth-order valence-corrected chi connectivity index (χ4v) is 3.67. The summed E-state index contributed by atoms with van der Waals surface area (Å²) < 4.78 is 29.8. The molecule has 0 radical (unpaired) electrons. The Morgan fingerprint density at radius 2 is 1.91 bits per heavy atom. The van der Waals surface area contributed by atoms with Crippen molar-refractivity contribution in [2.75, 3.05) is 31.0 Å². The second-order valence-corrected chi connectivity index (χ2v) is 7.83. The highest BCUT2D eigenvalue weighted by atomic mass is 35.5. The number of methoxy groups -OCH3 is 1. The van der Waals surface area contributed by atoms with E-state index < -0.39 is 6.17 Å². The number of anilines is 2. The summed E-state index contributed by atoms with van der Waals surface area (Å²) in [6.07, 6.45) is 1.11. The van der Waals surface area contributed by atoms with E-state index in [2.05, 4.69) is 4.99 Å². The van der Waals surface area contributed by atoms with E-state index in [9.17, 15) is 4.39 Å². The van der Waals surface area contributed by atoms with Crippen molar-refractivity contribution in [3.05, 3.63) is 76.6 Å². The van der Waals surface area contributed by atoms with E-state index in [1.165, 1.54) is 12.1 Å². The molecule has 3 aromatic carbocycles. The van der Waals surface area contributed by atoms with Crippen molar-refractivity contribution >= 4 is 35.0 Å². The monoisotopic (exact) mass is 470 g/mol. The summed E-state index contributed by atoms with van der Waals surface area (Å²) in [4.78, 5) is 6.30. The van der Waals surface area contributed by atoms with E-state index in [0.29, 0.717) is 46.7 Å². The lowest BCUT2D eigenvalue weighted by Crippen LogP contribution is -2.35. The smallest absolute Gasteiger partial charge is 0.144 e. The Bertz CT molecular complexity index is 1170. The van der Waals surface area contributed by atoms with E-state index in [1.807, 2.05) is 6.07 Å². The van der Waals surface area contributed by atoms with Crippen LogP contribution < -0.4 is 25.8 Å². The molecule has 0 aromatic heterocycles. The van der Waals surface area contributed by atoms with Crippen LogP contribution in [0.3, 0.4) is 0 Å². The number of halogens is 2. The molecule has 0 spiro atoms. The van der Waals surface area contributed by atoms with E-state index in [0.717, 1.165) is 11.3 Å². The average molecular weight is 471 g/mol. The first-order valence-corrected chi connectivity index (χ1v) is 10.6. The Morgan fingerprint density at radius 1 is 1.06 bits per heavy atom. The van der Waals surface area contributed by atoms with E-state index in [4.69, 9.17) is 37.3 Å². The molecular formula is C24H24ClFN4O3. The maximum Gasteiger partial charge on any atom is 0.144 e. The summed E-state index contributed by atoms with van der Waals surface area (Å²) in [7, 11) is 1.60. The minimum atomic E-state index is -0.525. The second-order valence-electron chi connectivity index (χ2n) is 7.42. The van der Waals surface area contributed by atoms with Crippen LogP contribution in [0.2, 0.25) is 5.02 Å². The number of rotatable bonds is 8. The molecule has 3 aromatic rings. The number of nitrogens with zero attached hydrogens (tertiary/aromatic N) is 2. The third-order valence-electron chi connectivity index (χ3n) is 5.14. The molecule has 1 heterocycles. The third-order valence-corrected chi connectivity index (χ3v) is 5.44. The van der Waals surface area contributed by atoms with Crippen LogP contribution in [0.1, 0.15) is 17.3 Å². The molecule has 7 nitrogen and oxygen atoms in total. The van der Waals surface area contributed by atoms with Gasteiger partial charge in [0.15, 0.2) is 0 Å². The summed E-state index contributed by atoms with van der Waals surface area (Å²) in [5.41, 5.74) is 16.0. The molecule has 33 heavy (non-hydrogen) atoms. The molecule has 0 amide bonds. The minimum Gasteiger partial charge on any atom is -0.489 e. The summed E-state index contributed by atoms with van der Waals surface area (Å²) in [5, 5.41) is 0.400. The molecule has 4 N–H and O–H groups in total. The van der Waals surface area contributed by atoms with E-state index >= 15 is 0 Å². The molecule has 0 saturated heterocycles. The standard InChI is InChI=1S/C24H24ClFN4O3/c1-31-7-8-32-23-12-21-18(11-20(23)27)24(28)30(14-29-21)17-5-6-22(19(25)10-17)33-13-15-3-2-4-16(26)9-15/h2-6,9-12,14,24H,7-8,13,27-28H2,1H3. The van der Waals surface area contributed by atoms with Gasteiger partial charge in [-0.2, -0.15) is 0 Å². The molecule has 0 fully saturated rings. The summed E-state index contributed by atoms with van der Waals surface area (Å²) in [6.45, 7) is 1.03. The first-order valence-electron chi connectivity index (χ1n) is 10.3. The van der Waals surface area contributed by atoms with Crippen LogP contribution in [-0.4, -0.2) is 26.7 Å². The first-order chi connectivity index (χ1) is 16.0. The average Bonchev–Trinajstić information content (AvgIpc) is 2.80. The summed E-state index contributed by atoms with van der Waals surface area (Å²) in [6, 6.07) is 15.1. The lowest BCUT2D eigenvalue weighted by molar-refractivity contribution is 0.147. The highest BCUT2D eigenvalue weighted by molar-refractivity contribution is 6.32. The quantitative estimate of drug-likeness (QED) is 0.362. The third kappa shape index (κ3) is 5.19. The SMILES string of the molecule is COCCOc1cc2c(cc1N)C(N)N(c1ccc(OCc3cccc(F)c3)c(Cl)c1)C=N2. The number of hydrogen-bond donors (Lipinski definition) is 2. The molecule has 1 aliphatic heterocycles. The Labute approximate surface area is 196 Å². The number of aliphatic imine (C=N–C) groups is 1. The van der Waals surface area contributed by atoms with Crippen molar-refractivity contribution in [2.45, 2.75) is 12.8 Å². The predicted molar refractivity (Wildman–Crippen MR) is 128 cm³/mol. The number of nitrogen functional groups attached to an aromatic ring is 1. The van der Waals surface area contributed by atoms with Gasteiger partial charge in [-0.1, -0.05) is 23.7 Å². The van der Waals surface area contributed by atoms with Gasteiger partial charge < -0.3 is 30.6 Å². The van der Waals surface area contributed by atoms with Crippen molar-refractivity contribution in [1.82, 2.24) is 0 Å². The number of nitrogens with two attached hydrogens (primary N) is 2. The zero-order valence-electron chi connectivity index (χ0n) is 18.0. The molecular weight excluding hydrogens is 447 g/mol. The van der Waals surface area contributed by atoms with Crippen LogP contribution in [0, 0.1) is 5.82 Å². The number of fused-ring (bicyclic) bond motifs is 1. The fraction of sp³-hybridized carbons (Fsp3) is 0.208. The highest BCUT2D eigenvalue weighted by Crippen LogP contribution is 2.40. The molecule has 9 heteroatoms. The van der Waals surface area contributed by atoms with Crippen molar-refractivity contribution in [1.29, 1.82) is 0 Å². The second kappa shape index (κ2) is 10.1. The van der Waals surface area contributed by atoms with Gasteiger partial charge in [0.25, 0.3) is 0 Å². The van der Waals surface area contributed by atoms with Gasteiger partial charge in [-0.05, 0) is 42.0 Å². The van der Waals surface area contributed by atoms with Crippen LogP contribution in [0.4, 0.5) is 21.5 Å². The Kier molecular flexibility index (Phi) is 6.98. The zero-order valence-corrected chi connectivity index (χ0v) is 18.8. The lowest BCUT2D eigenvalue weighted by Gasteiger charge is -2.32. The van der Waals surface area contributed by atoms with Crippen LogP contribution in [0.25, 0.3) is 0 Å². The van der Waals surface area contributed by atoms with Gasteiger partial charge >= 0.3 is 0 Å². The molecule has 0 bridgehead atoms. The topological polar surface area (TPSA) is 95.3 Å². The Balaban J connectivity index is 1.49. The van der Waals surface area contributed by atoms with E-state index in [1.54, 1.807) is 54.7 Å². The Morgan fingerprint density at radius 3 is 2.67 bits per heavy atom. The largest absolute Gasteiger partial charge is 0.489 e. The molecule has 1 atom stereocenters. The maximum absolute atomic E-state index is 13.4. The molecule has 0 aliphatic carbocycles. The Hall–Kier alpha value is -3.33. The van der Waals surface area contributed by atoms with Gasteiger partial charge in [0, 0.05) is 24.4 Å². The lowest BCUT2D eigenvalue weighted by atomic mass is 10.1. The van der Waals surface area contributed by atoms with E-state index in [-0.39, 0.29) is 12.4 Å². The minimum absolute atomic E-state index is 0.197. The predicted octanol–water partition coefficient (Wildman–Crippen LogP) is 4.80. The number of ether oxygens (including phenoxy) is 3. The molecule has 1 aliphatic rings. The molecule has 1 unspecified atom stereocenters. The summed E-state index contributed by atoms with van der Waals surface area (Å²) in [5.74, 6) is 0.701. The van der Waals surface area contributed by atoms with Crippen molar-refractivity contribution < 1.29 is 18.6 Å². The van der Waals surface area contributed by atoms with Crippen LogP contribution >= 0.6 is 11.6 Å². The zero-order chi connectivity index (χ0) is 23.4. The van der Waals surface area contributed by atoms with Gasteiger partial charge in [0.2, 0.25) is 0 Å². The fourth-order valence-electron chi connectivity index (χ4n) is 3.44. The van der Waals surface area contributed by atoms with Gasteiger partial charge in [-0.3, -0.25) is 0 Å². The van der Waals surface area contributed by atoms with Gasteiger partial charge in [0.1, 0.15) is 36.7 Å². The van der Waals surface area contributed by atoms with Crippen LogP contribution in [0.5, 0.6) is 11.5 Å². The molecule has 0 saturated carbocycles. The highest BCUT2D eigenvalue weighted by Gasteiger charge is 2.24. The maximum atomic E-state index is 13.4. The first kappa shape index (κ1) is 22.8. The molecule has 172 valence electrons. The normalized spacial score (nSPS) is 14.8. The van der Waals surface area contributed by atoms with Gasteiger partial charge in [-0.15, -0.1) is 0 Å². The van der Waals surface area contributed by atoms with Crippen LogP contribution in [-0.2, 0) is 11.3 Å². The molecule has 4 rings (SSSR count). The van der Waals surface area contributed by atoms with Crippen molar-refractivity contribution in [3.63, 3.8) is 0 Å². The number of benzene rings is 3.